The van der Waals surface area contributed by atoms with Crippen LogP contribution < -0.4 is 11.1 Å². The molecule has 2 aliphatic rings. The van der Waals surface area contributed by atoms with E-state index in [2.05, 4.69) is 31.3 Å². The Morgan fingerprint density at radius 2 is 2.08 bits per heavy atom. The van der Waals surface area contributed by atoms with Crippen molar-refractivity contribution in [2.45, 2.75) is 44.2 Å². The van der Waals surface area contributed by atoms with Gasteiger partial charge in [0.05, 0.1) is 19.2 Å². The number of ether oxygens (including phenoxy) is 1. The number of nitrogens with two attached hydrogens (primary N) is 1. The normalized spacial score (nSPS) is 25.7. The largest absolute Gasteiger partial charge is 0.367 e. The monoisotopic (exact) mass is 331 g/mol. The van der Waals surface area contributed by atoms with Gasteiger partial charge in [-0.05, 0) is 29.4 Å². The molecule has 0 aromatic heterocycles. The first-order chi connectivity index (χ1) is 11.4. The van der Waals surface area contributed by atoms with E-state index in [0.717, 1.165) is 12.8 Å². The number of hydrogen-bond donors (Lipinski definition) is 2. The minimum absolute atomic E-state index is 0.00315. The number of morpholine rings is 1. The summed E-state index contributed by atoms with van der Waals surface area (Å²) in [5.41, 5.74) is 7.88. The molecule has 0 radical (unpaired) electrons. The van der Waals surface area contributed by atoms with Crippen LogP contribution in [0.4, 0.5) is 4.79 Å². The zero-order valence-corrected chi connectivity index (χ0v) is 14.2. The maximum atomic E-state index is 12.6. The molecular formula is C18H25N3O3. The minimum Gasteiger partial charge on any atom is -0.367 e. The summed E-state index contributed by atoms with van der Waals surface area (Å²) in [6.45, 7) is 5.48. The van der Waals surface area contributed by atoms with Crippen LogP contribution in [-0.2, 0) is 14.9 Å². The van der Waals surface area contributed by atoms with Crippen LogP contribution in [0.2, 0.25) is 0 Å². The third-order valence-corrected chi connectivity index (χ3v) is 5.09. The Morgan fingerprint density at radius 3 is 2.83 bits per heavy atom. The predicted molar refractivity (Wildman–Crippen MR) is 90.5 cm³/mol. The van der Waals surface area contributed by atoms with Gasteiger partial charge in [0.15, 0.2) is 6.10 Å². The Kier molecular flexibility index (Phi) is 4.49. The van der Waals surface area contributed by atoms with Crippen molar-refractivity contribution >= 4 is 11.9 Å². The van der Waals surface area contributed by atoms with Gasteiger partial charge in [-0.25, -0.2) is 4.79 Å². The van der Waals surface area contributed by atoms with E-state index in [9.17, 15) is 9.59 Å². The highest BCUT2D eigenvalue weighted by atomic mass is 16.5. The average molecular weight is 331 g/mol. The molecule has 1 aliphatic carbocycles. The van der Waals surface area contributed by atoms with Crippen LogP contribution in [-0.4, -0.2) is 42.6 Å². The fourth-order valence-electron chi connectivity index (χ4n) is 3.61. The van der Waals surface area contributed by atoms with Crippen LogP contribution in [0.15, 0.2) is 24.3 Å². The quantitative estimate of drug-likeness (QED) is 0.865. The number of nitrogens with one attached hydrogen (secondary N) is 1. The predicted octanol–water partition coefficient (Wildman–Crippen LogP) is 1.69. The molecule has 0 bridgehead atoms. The molecule has 130 valence electrons. The Morgan fingerprint density at radius 1 is 1.33 bits per heavy atom. The van der Waals surface area contributed by atoms with Crippen LogP contribution in [0, 0.1) is 0 Å². The summed E-state index contributed by atoms with van der Waals surface area (Å²) in [5.74, 6) is -0.530. The molecule has 3 amide bonds. The van der Waals surface area contributed by atoms with Gasteiger partial charge in [0.2, 0.25) is 5.91 Å². The summed E-state index contributed by atoms with van der Waals surface area (Å²) in [6, 6.07) is 8.13. The van der Waals surface area contributed by atoms with Crippen LogP contribution >= 0.6 is 0 Å². The highest BCUT2D eigenvalue weighted by molar-refractivity contribution is 5.81. The Balaban J connectivity index is 1.72. The molecule has 3 rings (SSSR count). The van der Waals surface area contributed by atoms with Crippen molar-refractivity contribution in [3.8, 4) is 0 Å². The second-order valence-corrected chi connectivity index (χ2v) is 7.22. The van der Waals surface area contributed by atoms with E-state index in [1.54, 1.807) is 4.90 Å². The third-order valence-electron chi connectivity index (χ3n) is 5.09. The molecule has 1 aromatic carbocycles. The highest BCUT2D eigenvalue weighted by Gasteiger charge is 2.34. The number of primary amides is 1. The molecule has 1 aliphatic heterocycles. The number of nitrogens with zero attached hydrogens (tertiary/aromatic N) is 1. The molecule has 2 unspecified atom stereocenters. The Labute approximate surface area is 142 Å². The van der Waals surface area contributed by atoms with E-state index in [4.69, 9.17) is 10.5 Å². The Bertz CT molecular complexity index is 644. The summed E-state index contributed by atoms with van der Waals surface area (Å²) in [4.78, 5) is 25.5. The molecule has 1 fully saturated rings. The molecule has 0 saturated carbocycles. The first-order valence-electron chi connectivity index (χ1n) is 8.44. The van der Waals surface area contributed by atoms with Crippen LogP contribution in [0.5, 0.6) is 0 Å². The van der Waals surface area contributed by atoms with Crippen LogP contribution in [0.3, 0.4) is 0 Å². The minimum atomic E-state index is -0.720. The average Bonchev–Trinajstić information content (AvgIpc) is 2.58. The maximum Gasteiger partial charge on any atom is 0.318 e. The first kappa shape index (κ1) is 16.8. The maximum absolute atomic E-state index is 12.6. The lowest BCUT2D eigenvalue weighted by Crippen LogP contribution is -2.53. The number of urea groups is 1. The van der Waals surface area contributed by atoms with E-state index in [-0.39, 0.29) is 24.0 Å². The number of amides is 3. The molecule has 1 saturated heterocycles. The number of rotatable bonds is 2. The lowest BCUT2D eigenvalue weighted by atomic mass is 9.71. The van der Waals surface area contributed by atoms with Crippen molar-refractivity contribution in [1.29, 1.82) is 0 Å². The van der Waals surface area contributed by atoms with Crippen LogP contribution in [0.25, 0.3) is 0 Å². The molecular weight excluding hydrogens is 306 g/mol. The summed E-state index contributed by atoms with van der Waals surface area (Å²) in [7, 11) is 0. The standard InChI is InChI=1S/C18H25N3O3/c1-18(2)8-7-14(12-5-3-4-6-13(12)18)20-17(23)21-9-10-24-15(11-21)16(19)22/h3-6,14-15H,7-11H2,1-2H3,(H2,19,22)(H,20,23). The van der Waals surface area contributed by atoms with Crippen molar-refractivity contribution in [1.82, 2.24) is 10.2 Å². The van der Waals surface area contributed by atoms with Crippen molar-refractivity contribution in [2.24, 2.45) is 5.73 Å². The van der Waals surface area contributed by atoms with E-state index in [1.165, 1.54) is 11.1 Å². The van der Waals surface area contributed by atoms with Crippen molar-refractivity contribution in [2.75, 3.05) is 19.7 Å². The molecule has 1 heterocycles. The molecule has 24 heavy (non-hydrogen) atoms. The van der Waals surface area contributed by atoms with Gasteiger partial charge in [-0.15, -0.1) is 0 Å². The molecule has 1 aromatic rings. The number of benzene rings is 1. The number of carbonyl (C=O) groups excluding carboxylic acids is 2. The smallest absolute Gasteiger partial charge is 0.318 e. The van der Waals surface area contributed by atoms with Gasteiger partial charge in [0.1, 0.15) is 0 Å². The summed E-state index contributed by atoms with van der Waals surface area (Å²) < 4.78 is 5.30. The van der Waals surface area contributed by atoms with Gasteiger partial charge < -0.3 is 20.7 Å². The zero-order chi connectivity index (χ0) is 17.3. The Hall–Kier alpha value is -2.08. The van der Waals surface area contributed by atoms with Gasteiger partial charge in [-0.2, -0.15) is 0 Å². The fourth-order valence-corrected chi connectivity index (χ4v) is 3.61. The second kappa shape index (κ2) is 6.43. The van der Waals surface area contributed by atoms with Gasteiger partial charge in [-0.3, -0.25) is 4.79 Å². The summed E-state index contributed by atoms with van der Waals surface area (Å²) in [5, 5.41) is 3.12. The van der Waals surface area contributed by atoms with E-state index < -0.39 is 12.0 Å². The topological polar surface area (TPSA) is 84.7 Å². The SMILES string of the molecule is CC1(C)CCC(NC(=O)N2CCOC(C(N)=O)C2)c2ccccc21. The van der Waals surface area contributed by atoms with E-state index >= 15 is 0 Å². The highest BCUT2D eigenvalue weighted by Crippen LogP contribution is 2.41. The van der Waals surface area contributed by atoms with Crippen molar-refractivity contribution in [3.63, 3.8) is 0 Å². The summed E-state index contributed by atoms with van der Waals surface area (Å²) in [6.07, 6.45) is 1.20. The molecule has 6 heteroatoms. The lowest BCUT2D eigenvalue weighted by Gasteiger charge is -2.39. The van der Waals surface area contributed by atoms with Gasteiger partial charge >= 0.3 is 6.03 Å². The molecule has 0 spiro atoms. The van der Waals surface area contributed by atoms with Gasteiger partial charge in [0.25, 0.3) is 0 Å². The molecule has 2 atom stereocenters. The molecule has 3 N–H and O–H groups in total. The fraction of sp³-hybridized carbons (Fsp3) is 0.556. The van der Waals surface area contributed by atoms with Crippen molar-refractivity contribution in [3.05, 3.63) is 35.4 Å². The van der Waals surface area contributed by atoms with E-state index in [0.29, 0.717) is 13.2 Å². The lowest BCUT2D eigenvalue weighted by molar-refractivity contribution is -0.133. The second-order valence-electron chi connectivity index (χ2n) is 7.22. The van der Waals surface area contributed by atoms with E-state index in [1.807, 2.05) is 12.1 Å². The van der Waals surface area contributed by atoms with Crippen molar-refractivity contribution < 1.29 is 14.3 Å². The zero-order valence-electron chi connectivity index (χ0n) is 14.2. The first-order valence-corrected chi connectivity index (χ1v) is 8.44. The van der Waals surface area contributed by atoms with Crippen LogP contribution in [0.1, 0.15) is 43.9 Å². The number of fused-ring (bicyclic) bond motifs is 1. The number of hydrogen-bond acceptors (Lipinski definition) is 3. The number of carbonyl (C=O) groups is 2. The van der Waals surface area contributed by atoms with Gasteiger partial charge in [0, 0.05) is 6.54 Å². The molecule has 6 nitrogen and oxygen atoms in total. The third kappa shape index (κ3) is 3.24. The van der Waals surface area contributed by atoms with Gasteiger partial charge in [-0.1, -0.05) is 38.1 Å². The summed E-state index contributed by atoms with van der Waals surface area (Å²) >= 11 is 0.